The standard InChI is InChI=1S/C11H19N3S/c1-9(2)15-8-11(14-12)7-10-5-3-4-6-13-10/h3-6,9,11,14H,7-8,12H2,1-2H3. The minimum absolute atomic E-state index is 0.298. The normalized spacial score (nSPS) is 13.1. The Morgan fingerprint density at radius 3 is 2.80 bits per heavy atom. The fourth-order valence-electron chi connectivity index (χ4n) is 1.25. The molecule has 0 saturated carbocycles. The number of nitrogens with zero attached hydrogens (tertiary/aromatic N) is 1. The summed E-state index contributed by atoms with van der Waals surface area (Å²) in [6.07, 6.45) is 2.70. The van der Waals surface area contributed by atoms with Gasteiger partial charge in [-0.2, -0.15) is 11.8 Å². The molecule has 1 aromatic heterocycles. The van der Waals surface area contributed by atoms with E-state index in [1.807, 2.05) is 36.2 Å². The van der Waals surface area contributed by atoms with E-state index in [1.165, 1.54) is 0 Å². The number of hydrazine groups is 1. The molecule has 0 aliphatic carbocycles. The van der Waals surface area contributed by atoms with Crippen LogP contribution in [-0.4, -0.2) is 22.0 Å². The number of thioether (sulfide) groups is 1. The molecule has 0 saturated heterocycles. The summed E-state index contributed by atoms with van der Waals surface area (Å²) in [5.41, 5.74) is 3.93. The van der Waals surface area contributed by atoms with Gasteiger partial charge in [0.15, 0.2) is 0 Å². The van der Waals surface area contributed by atoms with Gasteiger partial charge in [-0.25, -0.2) is 0 Å². The third kappa shape index (κ3) is 5.16. The number of nitrogens with two attached hydrogens (primary N) is 1. The van der Waals surface area contributed by atoms with Gasteiger partial charge in [-0.1, -0.05) is 19.9 Å². The lowest BCUT2D eigenvalue weighted by Gasteiger charge is -2.16. The Bertz CT molecular complexity index is 264. The largest absolute Gasteiger partial charge is 0.271 e. The molecule has 3 nitrogen and oxygen atoms in total. The van der Waals surface area contributed by atoms with Crippen molar-refractivity contribution in [1.82, 2.24) is 10.4 Å². The van der Waals surface area contributed by atoms with Crippen molar-refractivity contribution in [2.24, 2.45) is 5.84 Å². The van der Waals surface area contributed by atoms with E-state index in [2.05, 4.69) is 24.3 Å². The fourth-order valence-corrected chi connectivity index (χ4v) is 2.08. The van der Waals surface area contributed by atoms with Gasteiger partial charge in [-0.3, -0.25) is 16.3 Å². The van der Waals surface area contributed by atoms with Crippen molar-refractivity contribution in [3.05, 3.63) is 30.1 Å². The molecule has 0 aromatic carbocycles. The van der Waals surface area contributed by atoms with E-state index in [9.17, 15) is 0 Å². The van der Waals surface area contributed by atoms with Crippen molar-refractivity contribution in [2.45, 2.75) is 31.6 Å². The first kappa shape index (κ1) is 12.5. The minimum Gasteiger partial charge on any atom is -0.271 e. The van der Waals surface area contributed by atoms with Crippen molar-refractivity contribution in [1.29, 1.82) is 0 Å². The van der Waals surface area contributed by atoms with Gasteiger partial charge < -0.3 is 0 Å². The zero-order valence-corrected chi connectivity index (χ0v) is 10.1. The maximum absolute atomic E-state index is 5.52. The molecular formula is C11H19N3S. The average molecular weight is 225 g/mol. The molecule has 0 radical (unpaired) electrons. The summed E-state index contributed by atoms with van der Waals surface area (Å²) >= 11 is 1.91. The lowest BCUT2D eigenvalue weighted by Crippen LogP contribution is -2.39. The van der Waals surface area contributed by atoms with Gasteiger partial charge in [0.25, 0.3) is 0 Å². The van der Waals surface area contributed by atoms with Crippen LogP contribution in [0.25, 0.3) is 0 Å². The molecule has 4 heteroatoms. The minimum atomic E-state index is 0.298. The van der Waals surface area contributed by atoms with Gasteiger partial charge in [-0.05, 0) is 17.4 Å². The van der Waals surface area contributed by atoms with Gasteiger partial charge in [0, 0.05) is 30.1 Å². The monoisotopic (exact) mass is 225 g/mol. The Morgan fingerprint density at radius 2 is 2.27 bits per heavy atom. The lowest BCUT2D eigenvalue weighted by atomic mass is 10.2. The van der Waals surface area contributed by atoms with Crippen LogP contribution in [0.3, 0.4) is 0 Å². The molecule has 1 aromatic rings. The fraction of sp³-hybridized carbons (Fsp3) is 0.545. The van der Waals surface area contributed by atoms with Gasteiger partial charge >= 0.3 is 0 Å². The summed E-state index contributed by atoms with van der Waals surface area (Å²) in [7, 11) is 0. The van der Waals surface area contributed by atoms with Crippen LogP contribution in [0.4, 0.5) is 0 Å². The molecule has 1 rings (SSSR count). The van der Waals surface area contributed by atoms with Crippen LogP contribution in [0.5, 0.6) is 0 Å². The summed E-state index contributed by atoms with van der Waals surface area (Å²) in [6, 6.07) is 6.26. The van der Waals surface area contributed by atoms with E-state index >= 15 is 0 Å². The number of hydrogen-bond donors (Lipinski definition) is 2. The summed E-state index contributed by atoms with van der Waals surface area (Å²) < 4.78 is 0. The second-order valence-corrected chi connectivity index (χ2v) is 5.38. The van der Waals surface area contributed by atoms with Gasteiger partial charge in [-0.15, -0.1) is 0 Å². The molecule has 15 heavy (non-hydrogen) atoms. The van der Waals surface area contributed by atoms with Crippen molar-refractivity contribution in [3.63, 3.8) is 0 Å². The number of pyridine rings is 1. The van der Waals surface area contributed by atoms with E-state index in [0.717, 1.165) is 17.9 Å². The SMILES string of the molecule is CC(C)SCC(Cc1ccccn1)NN. The second-order valence-electron chi connectivity index (χ2n) is 3.77. The molecule has 0 bridgehead atoms. The van der Waals surface area contributed by atoms with E-state index in [0.29, 0.717) is 11.3 Å². The zero-order chi connectivity index (χ0) is 11.1. The smallest absolute Gasteiger partial charge is 0.0419 e. The quantitative estimate of drug-likeness (QED) is 0.570. The summed E-state index contributed by atoms with van der Waals surface area (Å²) in [5.74, 6) is 6.53. The predicted molar refractivity (Wildman–Crippen MR) is 66.6 cm³/mol. The third-order valence-corrected chi connectivity index (χ3v) is 3.31. The average Bonchev–Trinajstić information content (AvgIpc) is 2.25. The molecule has 1 heterocycles. The summed E-state index contributed by atoms with van der Waals surface area (Å²) in [6.45, 7) is 4.39. The Balaban J connectivity index is 2.40. The molecule has 1 atom stereocenters. The van der Waals surface area contributed by atoms with Crippen LogP contribution < -0.4 is 11.3 Å². The van der Waals surface area contributed by atoms with Crippen molar-refractivity contribution >= 4 is 11.8 Å². The first-order chi connectivity index (χ1) is 7.22. The number of hydrogen-bond acceptors (Lipinski definition) is 4. The molecule has 84 valence electrons. The molecule has 0 amide bonds. The molecule has 0 fully saturated rings. The molecule has 1 unspecified atom stereocenters. The Morgan fingerprint density at radius 1 is 1.47 bits per heavy atom. The molecule has 3 N–H and O–H groups in total. The highest BCUT2D eigenvalue weighted by Crippen LogP contribution is 2.12. The van der Waals surface area contributed by atoms with Gasteiger partial charge in [0.1, 0.15) is 0 Å². The number of nitrogens with one attached hydrogen (secondary N) is 1. The molecule has 0 spiro atoms. The lowest BCUT2D eigenvalue weighted by molar-refractivity contribution is 0.569. The van der Waals surface area contributed by atoms with Crippen LogP contribution in [0.15, 0.2) is 24.4 Å². The van der Waals surface area contributed by atoms with Crippen molar-refractivity contribution in [3.8, 4) is 0 Å². The maximum atomic E-state index is 5.52. The van der Waals surface area contributed by atoms with E-state index in [1.54, 1.807) is 0 Å². The second kappa shape index (κ2) is 6.82. The topological polar surface area (TPSA) is 50.9 Å². The van der Waals surface area contributed by atoms with Crippen LogP contribution >= 0.6 is 11.8 Å². The van der Waals surface area contributed by atoms with E-state index in [4.69, 9.17) is 5.84 Å². The highest BCUT2D eigenvalue weighted by Gasteiger charge is 2.09. The first-order valence-corrected chi connectivity index (χ1v) is 6.25. The van der Waals surface area contributed by atoms with Crippen molar-refractivity contribution < 1.29 is 0 Å². The molecular weight excluding hydrogens is 206 g/mol. The van der Waals surface area contributed by atoms with Crippen LogP contribution in [0, 0.1) is 0 Å². The van der Waals surface area contributed by atoms with Gasteiger partial charge in [0.2, 0.25) is 0 Å². The summed E-state index contributed by atoms with van der Waals surface area (Å²) in [5, 5.41) is 0.643. The predicted octanol–water partition coefficient (Wildman–Crippen LogP) is 1.60. The Labute approximate surface area is 95.8 Å². The van der Waals surface area contributed by atoms with Crippen LogP contribution in [0.1, 0.15) is 19.5 Å². The first-order valence-electron chi connectivity index (χ1n) is 5.20. The van der Waals surface area contributed by atoms with E-state index < -0.39 is 0 Å². The summed E-state index contributed by atoms with van der Waals surface area (Å²) in [4.78, 5) is 4.29. The highest BCUT2D eigenvalue weighted by atomic mass is 32.2. The highest BCUT2D eigenvalue weighted by molar-refractivity contribution is 7.99. The number of rotatable bonds is 6. The zero-order valence-electron chi connectivity index (χ0n) is 9.31. The third-order valence-electron chi connectivity index (χ3n) is 2.05. The van der Waals surface area contributed by atoms with Crippen LogP contribution in [0.2, 0.25) is 0 Å². The molecule has 0 aliphatic heterocycles. The Hall–Kier alpha value is -0.580. The molecule has 0 aliphatic rings. The Kier molecular flexibility index (Phi) is 5.68. The number of aromatic nitrogens is 1. The van der Waals surface area contributed by atoms with Crippen LogP contribution in [-0.2, 0) is 6.42 Å². The van der Waals surface area contributed by atoms with Gasteiger partial charge in [0.05, 0.1) is 0 Å². The van der Waals surface area contributed by atoms with Crippen molar-refractivity contribution in [2.75, 3.05) is 5.75 Å². The van der Waals surface area contributed by atoms with E-state index in [-0.39, 0.29) is 0 Å². The maximum Gasteiger partial charge on any atom is 0.0419 e.